The van der Waals surface area contributed by atoms with Gasteiger partial charge in [-0.05, 0) is 95.0 Å². The molecule has 0 N–H and O–H groups in total. The minimum atomic E-state index is -0.0151. The Morgan fingerprint density at radius 1 is 0.681 bits per heavy atom. The number of pyridine rings is 1. The summed E-state index contributed by atoms with van der Waals surface area (Å²) >= 11 is 0. The maximum atomic E-state index is 6.52. The molecule has 5 nitrogen and oxygen atoms in total. The Bertz CT molecular complexity index is 2270. The fourth-order valence-corrected chi connectivity index (χ4v) is 6.92. The Morgan fingerprint density at radius 3 is 2.21 bits per heavy atom. The summed E-state index contributed by atoms with van der Waals surface area (Å²) in [4.78, 5) is 4.72. The van der Waals surface area contributed by atoms with Gasteiger partial charge in [-0.2, -0.15) is 5.10 Å². The molecule has 0 saturated carbocycles. The third kappa shape index (κ3) is 5.61. The Morgan fingerprint density at radius 2 is 1.45 bits per heavy atom. The van der Waals surface area contributed by atoms with Gasteiger partial charge in [-0.25, -0.2) is 9.67 Å². The summed E-state index contributed by atoms with van der Waals surface area (Å²) < 4.78 is 10.7. The SMILES string of the molecule is Cc1ccnc(-n2c3ccccc3c3ccc(Oc4cccc(-n5cc(-c6c(C(C)(C)C)ccc(C)c6C(C)(C)C)cn5)c4)cc32)c1. The van der Waals surface area contributed by atoms with Gasteiger partial charge in [0, 0.05) is 40.9 Å². The van der Waals surface area contributed by atoms with E-state index in [-0.39, 0.29) is 10.8 Å². The molecule has 236 valence electrons. The standard InChI is InChI=1S/C42H42N4O/c1-27-20-21-43-38(22-27)46-36-15-10-9-14-33(36)34-18-17-32(24-37(34)46)47-31-13-11-12-30(23-31)45-26-29(25-44-45)39-35(41(3,4)5)19-16-28(2)40(39)42(6,7)8/h9-26H,1-8H3. The van der Waals surface area contributed by atoms with Crippen molar-refractivity contribution in [3.63, 3.8) is 0 Å². The van der Waals surface area contributed by atoms with Crippen LogP contribution in [-0.2, 0) is 10.8 Å². The van der Waals surface area contributed by atoms with Gasteiger partial charge in [-0.15, -0.1) is 0 Å². The fourth-order valence-electron chi connectivity index (χ4n) is 6.92. The highest BCUT2D eigenvalue weighted by molar-refractivity contribution is 6.09. The Hall–Kier alpha value is -5.16. The maximum absolute atomic E-state index is 6.52. The molecule has 0 aliphatic rings. The molecule has 0 aliphatic heterocycles. The third-order valence-electron chi connectivity index (χ3n) is 8.94. The third-order valence-corrected chi connectivity index (χ3v) is 8.94. The van der Waals surface area contributed by atoms with Gasteiger partial charge in [0.25, 0.3) is 0 Å². The lowest BCUT2D eigenvalue weighted by molar-refractivity contribution is 0.483. The molecule has 7 aromatic rings. The second kappa shape index (κ2) is 11.3. The topological polar surface area (TPSA) is 44.9 Å². The zero-order valence-corrected chi connectivity index (χ0v) is 28.6. The van der Waals surface area contributed by atoms with Crippen molar-refractivity contribution in [3.05, 3.63) is 132 Å². The first-order valence-electron chi connectivity index (χ1n) is 16.3. The van der Waals surface area contributed by atoms with Gasteiger partial charge in [0.2, 0.25) is 0 Å². The lowest BCUT2D eigenvalue weighted by Crippen LogP contribution is -2.20. The number of fused-ring (bicyclic) bond motifs is 3. The highest BCUT2D eigenvalue weighted by Crippen LogP contribution is 2.42. The second-order valence-electron chi connectivity index (χ2n) is 14.7. The van der Waals surface area contributed by atoms with Crippen molar-refractivity contribution >= 4 is 21.8 Å². The summed E-state index contributed by atoms with van der Waals surface area (Å²) in [6.07, 6.45) is 6.02. The molecule has 3 aromatic heterocycles. The van der Waals surface area contributed by atoms with Crippen LogP contribution in [0.1, 0.15) is 63.8 Å². The number of nitrogens with zero attached hydrogens (tertiary/aromatic N) is 4. The Kier molecular flexibility index (Phi) is 7.31. The van der Waals surface area contributed by atoms with E-state index in [1.54, 1.807) is 0 Å². The van der Waals surface area contributed by atoms with E-state index in [2.05, 4.69) is 127 Å². The van der Waals surface area contributed by atoms with E-state index in [4.69, 9.17) is 14.8 Å². The van der Waals surface area contributed by atoms with Crippen LogP contribution in [0.25, 0.3) is 44.4 Å². The molecular weight excluding hydrogens is 576 g/mol. The van der Waals surface area contributed by atoms with Gasteiger partial charge in [-0.3, -0.25) is 4.57 Å². The molecule has 0 atom stereocenters. The average molecular weight is 619 g/mol. The molecule has 0 saturated heterocycles. The van der Waals surface area contributed by atoms with Gasteiger partial charge in [0.1, 0.15) is 17.3 Å². The molecule has 0 radical (unpaired) electrons. The molecule has 0 bridgehead atoms. The van der Waals surface area contributed by atoms with Crippen molar-refractivity contribution in [3.8, 4) is 34.1 Å². The van der Waals surface area contributed by atoms with Gasteiger partial charge in [0.15, 0.2) is 0 Å². The smallest absolute Gasteiger partial charge is 0.137 e. The molecule has 0 amide bonds. The number of ether oxygens (including phenoxy) is 1. The molecule has 47 heavy (non-hydrogen) atoms. The van der Waals surface area contributed by atoms with Crippen LogP contribution in [0.2, 0.25) is 0 Å². The zero-order chi connectivity index (χ0) is 33.1. The van der Waals surface area contributed by atoms with E-state index in [9.17, 15) is 0 Å². The zero-order valence-electron chi connectivity index (χ0n) is 28.6. The predicted molar refractivity (Wildman–Crippen MR) is 195 cm³/mol. The highest BCUT2D eigenvalue weighted by Gasteiger charge is 2.28. The number of rotatable bonds is 5. The number of hydrogen-bond donors (Lipinski definition) is 0. The van der Waals surface area contributed by atoms with Crippen LogP contribution in [0.3, 0.4) is 0 Å². The van der Waals surface area contributed by atoms with E-state index in [1.807, 2.05) is 47.4 Å². The summed E-state index contributed by atoms with van der Waals surface area (Å²) in [5, 5.41) is 7.20. The van der Waals surface area contributed by atoms with E-state index >= 15 is 0 Å². The Balaban J connectivity index is 1.27. The average Bonchev–Trinajstić information content (AvgIpc) is 3.63. The van der Waals surface area contributed by atoms with Crippen molar-refractivity contribution in [2.45, 2.75) is 66.2 Å². The van der Waals surface area contributed by atoms with Crippen LogP contribution in [0.15, 0.2) is 110 Å². The van der Waals surface area contributed by atoms with Crippen LogP contribution in [-0.4, -0.2) is 19.3 Å². The first-order valence-corrected chi connectivity index (χ1v) is 16.3. The number of aromatic nitrogens is 4. The minimum Gasteiger partial charge on any atom is -0.457 e. The van der Waals surface area contributed by atoms with Crippen molar-refractivity contribution < 1.29 is 4.74 Å². The summed E-state index contributed by atoms with van der Waals surface area (Å²) in [6.45, 7) is 18.1. The lowest BCUT2D eigenvalue weighted by Gasteiger charge is -2.31. The first kappa shape index (κ1) is 30.5. The van der Waals surface area contributed by atoms with E-state index in [0.29, 0.717) is 0 Å². The summed E-state index contributed by atoms with van der Waals surface area (Å²) in [7, 11) is 0. The van der Waals surface area contributed by atoms with E-state index in [1.165, 1.54) is 33.2 Å². The number of aryl methyl sites for hydroxylation is 2. The van der Waals surface area contributed by atoms with Crippen molar-refractivity contribution in [1.29, 1.82) is 0 Å². The van der Waals surface area contributed by atoms with Gasteiger partial charge >= 0.3 is 0 Å². The summed E-state index contributed by atoms with van der Waals surface area (Å²) in [5.41, 5.74) is 10.7. The molecule has 3 heterocycles. The summed E-state index contributed by atoms with van der Waals surface area (Å²) in [5.74, 6) is 2.40. The minimum absolute atomic E-state index is 0.0128. The first-order chi connectivity index (χ1) is 22.4. The molecule has 0 unspecified atom stereocenters. The normalized spacial score (nSPS) is 12.3. The van der Waals surface area contributed by atoms with Crippen molar-refractivity contribution in [2.75, 3.05) is 0 Å². The lowest BCUT2D eigenvalue weighted by atomic mass is 9.73. The highest BCUT2D eigenvalue weighted by atomic mass is 16.5. The fraction of sp³-hybridized carbons (Fsp3) is 0.238. The molecule has 5 heteroatoms. The van der Waals surface area contributed by atoms with Crippen LogP contribution >= 0.6 is 0 Å². The van der Waals surface area contributed by atoms with Crippen LogP contribution in [0.4, 0.5) is 0 Å². The molecule has 0 fully saturated rings. The molecule has 0 aliphatic carbocycles. The second-order valence-corrected chi connectivity index (χ2v) is 14.7. The number of hydrogen-bond acceptors (Lipinski definition) is 3. The van der Waals surface area contributed by atoms with Crippen molar-refractivity contribution in [2.24, 2.45) is 0 Å². The summed E-state index contributed by atoms with van der Waals surface area (Å²) in [6, 6.07) is 31.6. The van der Waals surface area contributed by atoms with E-state index < -0.39 is 0 Å². The molecule has 4 aromatic carbocycles. The predicted octanol–water partition coefficient (Wildman–Crippen LogP) is 11.0. The largest absolute Gasteiger partial charge is 0.457 e. The monoisotopic (exact) mass is 618 g/mol. The van der Waals surface area contributed by atoms with Crippen LogP contribution < -0.4 is 4.74 Å². The van der Waals surface area contributed by atoms with Crippen molar-refractivity contribution in [1.82, 2.24) is 19.3 Å². The quantitative estimate of drug-likeness (QED) is 0.193. The molecular formula is C42H42N4O. The van der Waals surface area contributed by atoms with Crippen LogP contribution in [0, 0.1) is 13.8 Å². The maximum Gasteiger partial charge on any atom is 0.137 e. The molecule has 7 rings (SSSR count). The molecule has 0 spiro atoms. The van der Waals surface area contributed by atoms with E-state index in [0.717, 1.165) is 45.0 Å². The van der Waals surface area contributed by atoms with Gasteiger partial charge < -0.3 is 4.74 Å². The van der Waals surface area contributed by atoms with Gasteiger partial charge in [-0.1, -0.05) is 77.9 Å². The number of para-hydroxylation sites is 1. The number of benzene rings is 4. The van der Waals surface area contributed by atoms with Crippen LogP contribution in [0.5, 0.6) is 11.5 Å². The Labute approximate surface area is 277 Å². The van der Waals surface area contributed by atoms with Gasteiger partial charge in [0.05, 0.1) is 22.9 Å².